The van der Waals surface area contributed by atoms with E-state index in [1.165, 1.54) is 18.4 Å². The van der Waals surface area contributed by atoms with Crippen LogP contribution in [0.4, 0.5) is 5.82 Å². The van der Waals surface area contributed by atoms with Crippen LogP contribution in [-0.4, -0.2) is 44.4 Å². The number of aryl methyl sites for hydroxylation is 2. The van der Waals surface area contributed by atoms with Gasteiger partial charge in [0.2, 0.25) is 0 Å². The van der Waals surface area contributed by atoms with Crippen LogP contribution in [0, 0.1) is 13.8 Å². The molecule has 1 unspecified atom stereocenters. The first-order valence-corrected chi connectivity index (χ1v) is 10.2. The molecular formula is C19H24N6O2S. The lowest BCUT2D eigenvalue weighted by Crippen LogP contribution is -2.38. The summed E-state index contributed by atoms with van der Waals surface area (Å²) in [5.74, 6) is 3.49. The number of anilines is 1. The van der Waals surface area contributed by atoms with Crippen LogP contribution in [0.5, 0.6) is 0 Å². The molecule has 28 heavy (non-hydrogen) atoms. The third-order valence-electron chi connectivity index (χ3n) is 5.26. The number of thiophene rings is 1. The molecule has 0 radical (unpaired) electrons. The van der Waals surface area contributed by atoms with E-state index < -0.39 is 0 Å². The van der Waals surface area contributed by atoms with Crippen molar-refractivity contribution in [3.63, 3.8) is 0 Å². The predicted octanol–water partition coefficient (Wildman–Crippen LogP) is 3.39. The Labute approximate surface area is 167 Å². The Morgan fingerprint density at radius 2 is 1.96 bits per heavy atom. The average Bonchev–Trinajstić information content (AvgIpc) is 3.23. The van der Waals surface area contributed by atoms with Gasteiger partial charge in [-0.1, -0.05) is 13.8 Å². The van der Waals surface area contributed by atoms with Gasteiger partial charge in [0.25, 0.3) is 0 Å². The summed E-state index contributed by atoms with van der Waals surface area (Å²) in [7, 11) is 1.40. The van der Waals surface area contributed by atoms with Crippen molar-refractivity contribution in [1.82, 2.24) is 24.7 Å². The van der Waals surface area contributed by atoms with Crippen LogP contribution in [0.2, 0.25) is 0 Å². The highest BCUT2D eigenvalue weighted by molar-refractivity contribution is 7.20. The van der Waals surface area contributed by atoms with Crippen molar-refractivity contribution in [2.24, 2.45) is 0 Å². The first kappa shape index (κ1) is 18.8. The summed E-state index contributed by atoms with van der Waals surface area (Å²) >= 11 is 1.36. The van der Waals surface area contributed by atoms with Crippen molar-refractivity contribution in [1.29, 1.82) is 0 Å². The zero-order valence-electron chi connectivity index (χ0n) is 17.0. The van der Waals surface area contributed by atoms with Gasteiger partial charge in [-0.3, -0.25) is 0 Å². The molecule has 1 aliphatic rings. The average molecular weight is 401 g/mol. The zero-order chi connectivity index (χ0) is 20.2. The maximum absolute atomic E-state index is 12.2. The number of ether oxygens (including phenoxy) is 1. The summed E-state index contributed by atoms with van der Waals surface area (Å²) < 4.78 is 7.16. The third kappa shape index (κ3) is 2.76. The Morgan fingerprint density at radius 3 is 2.64 bits per heavy atom. The van der Waals surface area contributed by atoms with Gasteiger partial charge in [-0.25, -0.2) is 14.8 Å². The van der Waals surface area contributed by atoms with Gasteiger partial charge in [0, 0.05) is 19.0 Å². The fourth-order valence-electron chi connectivity index (χ4n) is 3.84. The number of esters is 1. The van der Waals surface area contributed by atoms with E-state index in [0.29, 0.717) is 16.6 Å². The number of fused-ring (bicyclic) bond motifs is 2. The molecule has 1 aliphatic heterocycles. The maximum atomic E-state index is 12.2. The topological polar surface area (TPSA) is 86.0 Å². The van der Waals surface area contributed by atoms with Crippen molar-refractivity contribution >= 4 is 33.3 Å². The molecule has 4 heterocycles. The fourth-order valence-corrected chi connectivity index (χ4v) is 4.98. The van der Waals surface area contributed by atoms with Gasteiger partial charge in [-0.05, 0) is 26.3 Å². The predicted molar refractivity (Wildman–Crippen MR) is 108 cm³/mol. The van der Waals surface area contributed by atoms with Crippen LogP contribution in [0.3, 0.4) is 0 Å². The van der Waals surface area contributed by atoms with E-state index in [0.717, 1.165) is 46.3 Å². The second-order valence-electron chi connectivity index (χ2n) is 7.41. The number of hydrogen-bond acceptors (Lipinski definition) is 8. The summed E-state index contributed by atoms with van der Waals surface area (Å²) in [4.78, 5) is 25.1. The standard InChI is InChI=1S/C19H24N6O2S/c1-9(2)15-22-23-16-11(4)24(7-8-25(15)16)17-13-10(3)14(19(26)27-6)28-18(13)21-12(5)20-17/h9,11H,7-8H2,1-6H3. The van der Waals surface area contributed by atoms with Crippen LogP contribution in [0.15, 0.2) is 0 Å². The summed E-state index contributed by atoms with van der Waals surface area (Å²) in [6.45, 7) is 11.8. The largest absolute Gasteiger partial charge is 0.465 e. The molecule has 0 bridgehead atoms. The van der Waals surface area contributed by atoms with Gasteiger partial charge < -0.3 is 14.2 Å². The molecule has 3 aromatic rings. The Balaban J connectivity index is 1.85. The molecule has 3 aromatic heterocycles. The van der Waals surface area contributed by atoms with Gasteiger partial charge in [0.15, 0.2) is 5.82 Å². The number of methoxy groups -OCH3 is 1. The molecule has 0 spiro atoms. The minimum atomic E-state index is -0.336. The van der Waals surface area contributed by atoms with Gasteiger partial charge in [-0.2, -0.15) is 0 Å². The zero-order valence-corrected chi connectivity index (χ0v) is 17.8. The molecule has 0 saturated heterocycles. The van der Waals surface area contributed by atoms with Crippen molar-refractivity contribution in [2.45, 2.75) is 53.1 Å². The number of carbonyl (C=O) groups is 1. The van der Waals surface area contributed by atoms with E-state index in [-0.39, 0.29) is 12.0 Å². The quantitative estimate of drug-likeness (QED) is 0.623. The smallest absolute Gasteiger partial charge is 0.348 e. The highest BCUT2D eigenvalue weighted by Gasteiger charge is 2.32. The van der Waals surface area contributed by atoms with Crippen LogP contribution >= 0.6 is 11.3 Å². The minimum absolute atomic E-state index is 0.0205. The summed E-state index contributed by atoms with van der Waals surface area (Å²) in [6, 6.07) is 0.0205. The molecule has 0 fully saturated rings. The lowest BCUT2D eigenvalue weighted by atomic mass is 10.1. The first-order chi connectivity index (χ1) is 13.3. The van der Waals surface area contributed by atoms with Crippen LogP contribution in [0.1, 0.15) is 65.4 Å². The van der Waals surface area contributed by atoms with Crippen molar-refractivity contribution < 1.29 is 9.53 Å². The number of carbonyl (C=O) groups excluding carboxylic acids is 1. The monoisotopic (exact) mass is 400 g/mol. The fraction of sp³-hybridized carbons (Fsp3) is 0.526. The van der Waals surface area contributed by atoms with E-state index in [1.54, 1.807) is 0 Å². The number of rotatable bonds is 3. The van der Waals surface area contributed by atoms with Gasteiger partial charge in [-0.15, -0.1) is 21.5 Å². The first-order valence-electron chi connectivity index (χ1n) is 9.39. The second-order valence-corrected chi connectivity index (χ2v) is 8.41. The Hall–Kier alpha value is -2.55. The SMILES string of the molecule is COC(=O)c1sc2nc(C)nc(N3CCn4c(C(C)C)nnc4C3C)c2c1C. The molecule has 8 nitrogen and oxygen atoms in total. The molecule has 1 atom stereocenters. The second kappa shape index (κ2) is 6.80. The summed E-state index contributed by atoms with van der Waals surface area (Å²) in [6.07, 6.45) is 0. The van der Waals surface area contributed by atoms with Crippen molar-refractivity contribution in [3.8, 4) is 0 Å². The summed E-state index contributed by atoms with van der Waals surface area (Å²) in [5, 5.41) is 9.79. The summed E-state index contributed by atoms with van der Waals surface area (Å²) in [5.41, 5.74) is 0.865. The number of aromatic nitrogens is 5. The van der Waals surface area contributed by atoms with E-state index in [1.807, 2.05) is 13.8 Å². The molecule has 0 N–H and O–H groups in total. The highest BCUT2D eigenvalue weighted by Crippen LogP contribution is 2.39. The molecule has 4 rings (SSSR count). The maximum Gasteiger partial charge on any atom is 0.348 e. The van der Waals surface area contributed by atoms with Crippen LogP contribution in [0.25, 0.3) is 10.2 Å². The Morgan fingerprint density at radius 1 is 1.21 bits per heavy atom. The Bertz CT molecular complexity index is 1070. The van der Waals surface area contributed by atoms with Crippen molar-refractivity contribution in [2.75, 3.05) is 18.6 Å². The lowest BCUT2D eigenvalue weighted by Gasteiger charge is -2.35. The van der Waals surface area contributed by atoms with E-state index in [9.17, 15) is 4.79 Å². The van der Waals surface area contributed by atoms with Gasteiger partial charge >= 0.3 is 5.97 Å². The highest BCUT2D eigenvalue weighted by atomic mass is 32.1. The number of nitrogens with zero attached hydrogens (tertiary/aromatic N) is 6. The molecule has 0 aliphatic carbocycles. The van der Waals surface area contributed by atoms with Crippen LogP contribution < -0.4 is 4.90 Å². The van der Waals surface area contributed by atoms with Gasteiger partial charge in [0.1, 0.15) is 27.2 Å². The van der Waals surface area contributed by atoms with Gasteiger partial charge in [0.05, 0.1) is 18.5 Å². The van der Waals surface area contributed by atoms with E-state index in [2.05, 4.69) is 45.4 Å². The minimum Gasteiger partial charge on any atom is -0.465 e. The molecule has 0 aromatic carbocycles. The molecule has 9 heteroatoms. The van der Waals surface area contributed by atoms with Crippen LogP contribution in [-0.2, 0) is 11.3 Å². The van der Waals surface area contributed by atoms with E-state index in [4.69, 9.17) is 9.72 Å². The lowest BCUT2D eigenvalue weighted by molar-refractivity contribution is 0.0605. The normalized spacial score (nSPS) is 16.7. The molecule has 0 saturated carbocycles. The van der Waals surface area contributed by atoms with Crippen molar-refractivity contribution in [3.05, 3.63) is 27.9 Å². The third-order valence-corrected chi connectivity index (χ3v) is 6.42. The number of hydrogen-bond donors (Lipinski definition) is 0. The molecular weight excluding hydrogens is 376 g/mol. The van der Waals surface area contributed by atoms with E-state index >= 15 is 0 Å². The molecule has 0 amide bonds. The molecule has 148 valence electrons. The Kier molecular flexibility index (Phi) is 4.57.